The Morgan fingerprint density at radius 3 is 2.57 bits per heavy atom. The lowest BCUT2D eigenvalue weighted by Crippen LogP contribution is -2.41. The molecule has 0 saturated carbocycles. The summed E-state index contributed by atoms with van der Waals surface area (Å²) in [7, 11) is -3.16. The van der Waals surface area contributed by atoms with Crippen molar-refractivity contribution in [3.8, 4) is 11.1 Å². The fraction of sp³-hybridized carbons (Fsp3) is 0.478. The SMILES string of the molecule is O=S(=O)(CCN1CCCC1)N1CCC(c2c[nH]c3ccc(-c4ccsc4)cc23)CC1. The molecule has 160 valence electrons. The molecule has 4 heterocycles. The quantitative estimate of drug-likeness (QED) is 0.610. The molecule has 0 radical (unpaired) electrons. The summed E-state index contributed by atoms with van der Waals surface area (Å²) >= 11 is 1.72. The maximum absolute atomic E-state index is 12.8. The Morgan fingerprint density at radius 2 is 1.83 bits per heavy atom. The molecular weight excluding hydrogens is 414 g/mol. The zero-order valence-corrected chi connectivity index (χ0v) is 18.9. The van der Waals surface area contributed by atoms with Crippen LogP contribution in [0.15, 0.2) is 41.2 Å². The standard InChI is InChI=1S/C23H29N3O2S2/c27-30(28,14-12-25-8-1-2-9-25)26-10-5-18(6-11-26)22-16-24-23-4-3-19(15-21(22)23)20-7-13-29-17-20/h3-4,7,13,15-18,24H,1-2,5-6,8-12,14H2. The first kappa shape index (κ1) is 20.2. The number of H-pyrrole nitrogens is 1. The number of rotatable bonds is 6. The molecule has 2 fully saturated rings. The molecule has 2 saturated heterocycles. The highest BCUT2D eigenvalue weighted by Crippen LogP contribution is 2.36. The number of sulfonamides is 1. The molecule has 30 heavy (non-hydrogen) atoms. The molecule has 0 spiro atoms. The van der Waals surface area contributed by atoms with Gasteiger partial charge in [0.05, 0.1) is 5.75 Å². The van der Waals surface area contributed by atoms with E-state index in [2.05, 4.69) is 51.1 Å². The van der Waals surface area contributed by atoms with E-state index in [1.165, 1.54) is 34.9 Å². The van der Waals surface area contributed by atoms with Crippen LogP contribution in [0.25, 0.3) is 22.0 Å². The molecule has 0 unspecified atom stereocenters. The summed E-state index contributed by atoms with van der Waals surface area (Å²) in [5.74, 6) is 0.663. The van der Waals surface area contributed by atoms with E-state index in [1.807, 2.05) is 0 Å². The average Bonchev–Trinajstić information content (AvgIpc) is 3.54. The van der Waals surface area contributed by atoms with E-state index in [9.17, 15) is 8.42 Å². The van der Waals surface area contributed by atoms with Crippen molar-refractivity contribution in [2.24, 2.45) is 0 Å². The monoisotopic (exact) mass is 443 g/mol. The molecule has 5 rings (SSSR count). The molecule has 2 aliphatic rings. The highest BCUT2D eigenvalue weighted by Gasteiger charge is 2.30. The summed E-state index contributed by atoms with van der Waals surface area (Å²) in [4.78, 5) is 5.70. The van der Waals surface area contributed by atoms with E-state index >= 15 is 0 Å². The van der Waals surface area contributed by atoms with Crippen molar-refractivity contribution in [2.45, 2.75) is 31.6 Å². The number of thiophene rings is 1. The lowest BCUT2D eigenvalue weighted by atomic mass is 9.89. The van der Waals surface area contributed by atoms with Crippen LogP contribution in [-0.4, -0.2) is 61.1 Å². The van der Waals surface area contributed by atoms with Gasteiger partial charge in [-0.25, -0.2) is 12.7 Å². The van der Waals surface area contributed by atoms with Crippen LogP contribution in [0, 0.1) is 0 Å². The second-order valence-corrected chi connectivity index (χ2v) is 11.4. The summed E-state index contributed by atoms with van der Waals surface area (Å²) in [6.45, 7) is 4.03. The first-order chi connectivity index (χ1) is 14.6. The molecule has 0 bridgehead atoms. The van der Waals surface area contributed by atoms with Crippen LogP contribution in [0.1, 0.15) is 37.2 Å². The van der Waals surface area contributed by atoms with Gasteiger partial charge in [-0.15, -0.1) is 0 Å². The number of aromatic amines is 1. The van der Waals surface area contributed by atoms with Crippen LogP contribution >= 0.6 is 11.3 Å². The Morgan fingerprint density at radius 1 is 1.03 bits per heavy atom. The minimum Gasteiger partial charge on any atom is -0.361 e. The number of likely N-dealkylation sites (tertiary alicyclic amines) is 1. The normalized spacial score (nSPS) is 19.7. The summed E-state index contributed by atoms with van der Waals surface area (Å²) < 4.78 is 27.4. The molecule has 1 aromatic carbocycles. The fourth-order valence-corrected chi connectivity index (χ4v) is 7.09. The highest BCUT2D eigenvalue weighted by atomic mass is 32.2. The Labute approximate surface area is 182 Å². The third-order valence-corrected chi connectivity index (χ3v) is 9.25. The predicted molar refractivity (Wildman–Crippen MR) is 125 cm³/mol. The van der Waals surface area contributed by atoms with E-state index in [-0.39, 0.29) is 5.75 Å². The second kappa shape index (κ2) is 8.46. The molecular formula is C23H29N3O2S2. The first-order valence-electron chi connectivity index (χ1n) is 10.9. The van der Waals surface area contributed by atoms with Gasteiger partial charge in [-0.3, -0.25) is 0 Å². The number of fused-ring (bicyclic) bond motifs is 1. The lowest BCUT2D eigenvalue weighted by molar-refractivity contribution is 0.313. The van der Waals surface area contributed by atoms with Crippen LogP contribution < -0.4 is 0 Å². The van der Waals surface area contributed by atoms with Crippen LogP contribution in [0.3, 0.4) is 0 Å². The fourth-order valence-electron chi connectivity index (χ4n) is 4.91. The Balaban J connectivity index is 1.27. The van der Waals surface area contributed by atoms with Gasteiger partial charge in [0, 0.05) is 36.7 Å². The van der Waals surface area contributed by atoms with Crippen molar-refractivity contribution in [3.05, 3.63) is 46.8 Å². The largest absolute Gasteiger partial charge is 0.361 e. The summed E-state index contributed by atoms with van der Waals surface area (Å²) in [6.07, 6.45) is 6.30. The van der Waals surface area contributed by atoms with Gasteiger partial charge in [-0.05, 0) is 90.3 Å². The van der Waals surface area contributed by atoms with E-state index in [0.29, 0.717) is 25.6 Å². The van der Waals surface area contributed by atoms with Gasteiger partial charge in [0.2, 0.25) is 10.0 Å². The van der Waals surface area contributed by atoms with Crippen molar-refractivity contribution < 1.29 is 8.42 Å². The van der Waals surface area contributed by atoms with Crippen LogP contribution in [0.2, 0.25) is 0 Å². The lowest BCUT2D eigenvalue weighted by Gasteiger charge is -2.31. The zero-order valence-electron chi connectivity index (χ0n) is 17.2. The molecule has 5 nitrogen and oxygen atoms in total. The molecule has 0 amide bonds. The zero-order chi connectivity index (χ0) is 20.6. The summed E-state index contributed by atoms with van der Waals surface area (Å²) in [5.41, 5.74) is 4.99. The van der Waals surface area contributed by atoms with Crippen molar-refractivity contribution in [1.82, 2.24) is 14.2 Å². The van der Waals surface area contributed by atoms with Crippen molar-refractivity contribution in [3.63, 3.8) is 0 Å². The van der Waals surface area contributed by atoms with E-state index in [0.717, 1.165) is 31.4 Å². The summed E-state index contributed by atoms with van der Waals surface area (Å²) in [5, 5.41) is 5.56. The topological polar surface area (TPSA) is 56.4 Å². The third kappa shape index (κ3) is 4.08. The molecule has 3 aromatic rings. The van der Waals surface area contributed by atoms with E-state index < -0.39 is 10.0 Å². The number of nitrogens with one attached hydrogen (secondary N) is 1. The Hall–Kier alpha value is -1.67. The number of piperidine rings is 1. The molecule has 0 aliphatic carbocycles. The highest BCUT2D eigenvalue weighted by molar-refractivity contribution is 7.89. The number of aromatic nitrogens is 1. The maximum Gasteiger partial charge on any atom is 0.215 e. The van der Waals surface area contributed by atoms with Crippen molar-refractivity contribution in [1.29, 1.82) is 0 Å². The van der Waals surface area contributed by atoms with Crippen LogP contribution in [-0.2, 0) is 10.0 Å². The van der Waals surface area contributed by atoms with Gasteiger partial charge in [0.25, 0.3) is 0 Å². The van der Waals surface area contributed by atoms with Crippen LogP contribution in [0.4, 0.5) is 0 Å². The second-order valence-electron chi connectivity index (χ2n) is 8.55. The Bertz CT molecular complexity index is 1090. The van der Waals surface area contributed by atoms with Gasteiger partial charge in [-0.2, -0.15) is 11.3 Å². The third-order valence-electron chi connectivity index (χ3n) is 6.72. The predicted octanol–water partition coefficient (Wildman–Crippen LogP) is 4.50. The molecule has 2 aromatic heterocycles. The number of benzene rings is 1. The number of hydrogen-bond acceptors (Lipinski definition) is 4. The molecule has 0 atom stereocenters. The van der Waals surface area contributed by atoms with Gasteiger partial charge in [-0.1, -0.05) is 6.07 Å². The molecule has 1 N–H and O–H groups in total. The van der Waals surface area contributed by atoms with Crippen LogP contribution in [0.5, 0.6) is 0 Å². The van der Waals surface area contributed by atoms with E-state index in [4.69, 9.17) is 0 Å². The summed E-state index contributed by atoms with van der Waals surface area (Å²) in [6, 6.07) is 8.76. The number of nitrogens with zero attached hydrogens (tertiary/aromatic N) is 2. The van der Waals surface area contributed by atoms with Crippen molar-refractivity contribution >= 4 is 32.3 Å². The smallest absolute Gasteiger partial charge is 0.215 e. The van der Waals surface area contributed by atoms with Gasteiger partial charge >= 0.3 is 0 Å². The molecule has 2 aliphatic heterocycles. The van der Waals surface area contributed by atoms with Gasteiger partial charge in [0.1, 0.15) is 0 Å². The average molecular weight is 444 g/mol. The Kier molecular flexibility index (Phi) is 5.71. The first-order valence-corrected chi connectivity index (χ1v) is 13.5. The van der Waals surface area contributed by atoms with Crippen molar-refractivity contribution in [2.75, 3.05) is 38.5 Å². The minimum absolute atomic E-state index is 0.259. The van der Waals surface area contributed by atoms with Gasteiger partial charge < -0.3 is 9.88 Å². The molecule has 7 heteroatoms. The minimum atomic E-state index is -3.16. The van der Waals surface area contributed by atoms with E-state index in [1.54, 1.807) is 15.6 Å². The number of hydrogen-bond donors (Lipinski definition) is 1. The maximum atomic E-state index is 12.8. The van der Waals surface area contributed by atoms with Gasteiger partial charge in [0.15, 0.2) is 0 Å².